The number of unbranched alkanes of at least 4 members (excludes halogenated alkanes) is 9. The molecule has 0 N–H and O–H groups in total. The third-order valence-electron chi connectivity index (χ3n) is 4.35. The second-order valence-electron chi connectivity index (χ2n) is 6.93. The van der Waals surface area contributed by atoms with Gasteiger partial charge in [0.15, 0.2) is 0 Å². The minimum Gasteiger partial charge on any atom is -0.294 e. The molecule has 24 heavy (non-hydrogen) atoms. The Bertz CT molecular complexity index is 334. The fraction of sp³-hybridized carbons (Fsp3) is 0.826. The SMILES string of the molecule is CCCCCC=C=CCCCCCCCC/C(CCC)=N/CCC. The van der Waals surface area contributed by atoms with Gasteiger partial charge in [0.05, 0.1) is 0 Å². The maximum atomic E-state index is 4.73. The van der Waals surface area contributed by atoms with Gasteiger partial charge in [-0.3, -0.25) is 4.99 Å². The summed E-state index contributed by atoms with van der Waals surface area (Å²) in [6.07, 6.45) is 23.9. The lowest BCUT2D eigenvalue weighted by atomic mass is 10.0. The smallest absolute Gasteiger partial charge is 0.0386 e. The van der Waals surface area contributed by atoms with Gasteiger partial charge in [0.2, 0.25) is 0 Å². The number of rotatable bonds is 17. The summed E-state index contributed by atoms with van der Waals surface area (Å²) in [5, 5.41) is 0. The first-order valence-corrected chi connectivity index (χ1v) is 10.8. The lowest BCUT2D eigenvalue weighted by Crippen LogP contribution is -1.99. The van der Waals surface area contributed by atoms with Gasteiger partial charge in [-0.1, -0.05) is 65.7 Å². The molecule has 0 spiro atoms. The molecular weight excluding hydrogens is 290 g/mol. The Hall–Kier alpha value is -0.810. The van der Waals surface area contributed by atoms with E-state index in [1.54, 1.807) is 0 Å². The molecule has 0 aromatic rings. The third kappa shape index (κ3) is 17.5. The number of allylic oxidation sites excluding steroid dienone is 1. The number of aliphatic imine (C=N–C) groups is 1. The molecule has 1 heteroatoms. The summed E-state index contributed by atoms with van der Waals surface area (Å²) in [5.41, 5.74) is 4.80. The molecule has 0 aromatic heterocycles. The highest BCUT2D eigenvalue weighted by molar-refractivity contribution is 5.84. The number of nitrogens with zero attached hydrogens (tertiary/aromatic N) is 1. The molecule has 0 rings (SSSR count). The fourth-order valence-corrected chi connectivity index (χ4v) is 2.87. The zero-order valence-electron chi connectivity index (χ0n) is 16.9. The van der Waals surface area contributed by atoms with E-state index in [1.807, 2.05) is 0 Å². The van der Waals surface area contributed by atoms with Crippen LogP contribution in [0.5, 0.6) is 0 Å². The monoisotopic (exact) mass is 333 g/mol. The topological polar surface area (TPSA) is 12.4 Å². The average Bonchev–Trinajstić information content (AvgIpc) is 2.59. The lowest BCUT2D eigenvalue weighted by Gasteiger charge is -2.05. The molecule has 0 radical (unpaired) electrons. The maximum absolute atomic E-state index is 4.73. The Morgan fingerprint density at radius 1 is 0.667 bits per heavy atom. The summed E-state index contributed by atoms with van der Waals surface area (Å²) in [7, 11) is 0. The molecule has 0 saturated heterocycles. The van der Waals surface area contributed by atoms with Crippen LogP contribution in [0.2, 0.25) is 0 Å². The first kappa shape index (κ1) is 23.2. The van der Waals surface area contributed by atoms with Crippen LogP contribution in [0.3, 0.4) is 0 Å². The normalized spacial score (nSPS) is 11.4. The largest absolute Gasteiger partial charge is 0.294 e. The van der Waals surface area contributed by atoms with Crippen molar-refractivity contribution in [2.45, 2.75) is 117 Å². The predicted molar refractivity (Wildman–Crippen MR) is 111 cm³/mol. The Morgan fingerprint density at radius 2 is 1.29 bits per heavy atom. The predicted octanol–water partition coefficient (Wildman–Crippen LogP) is 8.05. The van der Waals surface area contributed by atoms with E-state index in [2.05, 4.69) is 38.7 Å². The van der Waals surface area contributed by atoms with Crippen molar-refractivity contribution in [1.82, 2.24) is 0 Å². The first-order chi connectivity index (χ1) is 11.8. The summed E-state index contributed by atoms with van der Waals surface area (Å²) >= 11 is 0. The Labute approximate surface area is 152 Å². The molecule has 0 aromatic carbocycles. The molecule has 0 fully saturated rings. The van der Waals surface area contributed by atoms with Gasteiger partial charge in [-0.15, -0.1) is 5.73 Å². The Kier molecular flexibility index (Phi) is 19.6. The van der Waals surface area contributed by atoms with Gasteiger partial charge in [0.1, 0.15) is 0 Å². The second-order valence-corrected chi connectivity index (χ2v) is 6.93. The van der Waals surface area contributed by atoms with E-state index in [4.69, 9.17) is 4.99 Å². The maximum Gasteiger partial charge on any atom is 0.0386 e. The zero-order valence-corrected chi connectivity index (χ0v) is 16.9. The van der Waals surface area contributed by atoms with Crippen molar-refractivity contribution in [3.8, 4) is 0 Å². The minimum atomic E-state index is 1.02. The quantitative estimate of drug-likeness (QED) is 0.145. The Balaban J connectivity index is 3.45. The van der Waals surface area contributed by atoms with E-state index < -0.39 is 0 Å². The van der Waals surface area contributed by atoms with Gasteiger partial charge in [-0.05, 0) is 63.5 Å². The van der Waals surface area contributed by atoms with Gasteiger partial charge in [0.25, 0.3) is 0 Å². The van der Waals surface area contributed by atoms with Gasteiger partial charge in [-0.25, -0.2) is 0 Å². The van der Waals surface area contributed by atoms with Crippen molar-refractivity contribution in [2.24, 2.45) is 4.99 Å². The van der Waals surface area contributed by atoms with E-state index in [9.17, 15) is 0 Å². The second kappa shape index (κ2) is 20.2. The molecule has 1 nitrogen and oxygen atoms in total. The number of hydrogen-bond donors (Lipinski definition) is 0. The van der Waals surface area contributed by atoms with Crippen molar-refractivity contribution < 1.29 is 0 Å². The van der Waals surface area contributed by atoms with Gasteiger partial charge < -0.3 is 0 Å². The Morgan fingerprint density at radius 3 is 1.92 bits per heavy atom. The molecule has 0 saturated carbocycles. The van der Waals surface area contributed by atoms with Crippen molar-refractivity contribution in [1.29, 1.82) is 0 Å². The standard InChI is InChI=1S/C23H43N/c1-4-7-8-9-10-11-12-13-14-15-16-17-18-19-21-23(20-5-2)24-22-6-3/h10,12H,4-9,13-22H2,1-3H3/b24-23+. The molecule has 0 aliphatic carbocycles. The van der Waals surface area contributed by atoms with Crippen molar-refractivity contribution in [3.63, 3.8) is 0 Å². The van der Waals surface area contributed by atoms with Crippen molar-refractivity contribution in [2.75, 3.05) is 6.54 Å². The molecule has 0 unspecified atom stereocenters. The van der Waals surface area contributed by atoms with Crippen LogP contribution in [0.4, 0.5) is 0 Å². The summed E-state index contributed by atoms with van der Waals surface area (Å²) < 4.78 is 0. The molecule has 0 heterocycles. The van der Waals surface area contributed by atoms with E-state index in [0.717, 1.165) is 6.54 Å². The van der Waals surface area contributed by atoms with Crippen molar-refractivity contribution >= 4 is 5.71 Å². The highest BCUT2D eigenvalue weighted by Gasteiger charge is 1.98. The van der Waals surface area contributed by atoms with E-state index >= 15 is 0 Å². The van der Waals surface area contributed by atoms with Crippen LogP contribution < -0.4 is 0 Å². The van der Waals surface area contributed by atoms with Crippen LogP contribution in [-0.4, -0.2) is 12.3 Å². The molecular formula is C23H43N. The zero-order chi connectivity index (χ0) is 17.7. The van der Waals surface area contributed by atoms with Gasteiger partial charge in [-0.2, -0.15) is 0 Å². The fourth-order valence-electron chi connectivity index (χ4n) is 2.87. The molecule has 0 aliphatic heterocycles. The lowest BCUT2D eigenvalue weighted by molar-refractivity contribution is 0.602. The van der Waals surface area contributed by atoms with Crippen LogP contribution in [0.1, 0.15) is 117 Å². The third-order valence-corrected chi connectivity index (χ3v) is 4.35. The molecule has 140 valence electrons. The molecule has 0 bridgehead atoms. The highest BCUT2D eigenvalue weighted by Crippen LogP contribution is 2.11. The molecule has 0 aliphatic rings. The van der Waals surface area contributed by atoms with E-state index in [-0.39, 0.29) is 0 Å². The van der Waals surface area contributed by atoms with Gasteiger partial charge >= 0.3 is 0 Å². The summed E-state index contributed by atoms with van der Waals surface area (Å²) in [6.45, 7) is 7.75. The minimum absolute atomic E-state index is 1.02. The average molecular weight is 334 g/mol. The van der Waals surface area contributed by atoms with Crippen LogP contribution >= 0.6 is 0 Å². The van der Waals surface area contributed by atoms with E-state index in [0.29, 0.717) is 0 Å². The summed E-state index contributed by atoms with van der Waals surface area (Å²) in [4.78, 5) is 4.73. The first-order valence-electron chi connectivity index (χ1n) is 10.8. The van der Waals surface area contributed by atoms with Crippen LogP contribution in [0, 0.1) is 0 Å². The number of hydrogen-bond acceptors (Lipinski definition) is 1. The summed E-state index contributed by atoms with van der Waals surface area (Å²) in [6, 6.07) is 0. The van der Waals surface area contributed by atoms with Crippen LogP contribution in [0.25, 0.3) is 0 Å². The highest BCUT2D eigenvalue weighted by atomic mass is 14.7. The van der Waals surface area contributed by atoms with Crippen LogP contribution in [0.15, 0.2) is 22.9 Å². The molecule has 0 atom stereocenters. The summed E-state index contributed by atoms with van der Waals surface area (Å²) in [5.74, 6) is 0. The van der Waals surface area contributed by atoms with Gasteiger partial charge in [0, 0.05) is 12.3 Å². The van der Waals surface area contributed by atoms with Crippen LogP contribution in [-0.2, 0) is 0 Å². The molecule has 0 amide bonds. The van der Waals surface area contributed by atoms with E-state index in [1.165, 1.54) is 102 Å². The van der Waals surface area contributed by atoms with Crippen molar-refractivity contribution in [3.05, 3.63) is 17.9 Å².